The van der Waals surface area contributed by atoms with Crippen LogP contribution in [0.4, 0.5) is 0 Å². The van der Waals surface area contributed by atoms with Crippen molar-refractivity contribution in [2.24, 2.45) is 0 Å². The van der Waals surface area contributed by atoms with E-state index in [0.29, 0.717) is 6.04 Å². The number of rotatable bonds is 9. The van der Waals surface area contributed by atoms with Crippen molar-refractivity contribution < 1.29 is 9.47 Å². The van der Waals surface area contributed by atoms with Gasteiger partial charge in [-0.25, -0.2) is 0 Å². The summed E-state index contributed by atoms with van der Waals surface area (Å²) in [6.07, 6.45) is 6.77. The summed E-state index contributed by atoms with van der Waals surface area (Å²) in [6.45, 7) is 3.96. The molecule has 0 bridgehead atoms. The van der Waals surface area contributed by atoms with E-state index in [-0.39, 0.29) is 0 Å². The van der Waals surface area contributed by atoms with Gasteiger partial charge >= 0.3 is 0 Å². The molecule has 0 aliphatic rings. The molecule has 1 aromatic rings. The molecule has 102 valence electrons. The maximum Gasteiger partial charge on any atom is 0.141 e. The molecule has 0 radical (unpaired) electrons. The van der Waals surface area contributed by atoms with Crippen LogP contribution in [0.5, 0.6) is 5.75 Å². The molecule has 1 aromatic heterocycles. The van der Waals surface area contributed by atoms with Crippen LogP contribution >= 0.6 is 0 Å². The van der Waals surface area contributed by atoms with Crippen molar-refractivity contribution in [3.8, 4) is 5.75 Å². The van der Waals surface area contributed by atoms with E-state index >= 15 is 0 Å². The molecule has 1 N–H and O–H groups in total. The molecule has 18 heavy (non-hydrogen) atoms. The summed E-state index contributed by atoms with van der Waals surface area (Å²) >= 11 is 0. The molecule has 1 heterocycles. The summed E-state index contributed by atoms with van der Waals surface area (Å²) in [5.41, 5.74) is 1.18. The Hall–Kier alpha value is -1.13. The van der Waals surface area contributed by atoms with Gasteiger partial charge in [0.05, 0.1) is 13.3 Å². The second-order valence-corrected chi connectivity index (χ2v) is 4.26. The van der Waals surface area contributed by atoms with Gasteiger partial charge in [0.1, 0.15) is 5.75 Å². The highest BCUT2D eigenvalue weighted by molar-refractivity contribution is 5.32. The lowest BCUT2D eigenvalue weighted by Crippen LogP contribution is -2.23. The Kier molecular flexibility index (Phi) is 7.37. The lowest BCUT2D eigenvalue weighted by molar-refractivity contribution is 0.188. The largest absolute Gasteiger partial charge is 0.495 e. The average molecular weight is 252 g/mol. The minimum Gasteiger partial charge on any atom is -0.495 e. The highest BCUT2D eigenvalue weighted by Crippen LogP contribution is 2.26. The normalized spacial score (nSPS) is 12.4. The number of methoxy groups -OCH3 is 2. The van der Waals surface area contributed by atoms with Gasteiger partial charge in [0.15, 0.2) is 0 Å². The maximum atomic E-state index is 5.38. The molecule has 1 unspecified atom stereocenters. The molecule has 0 aliphatic carbocycles. The number of hydrogen-bond acceptors (Lipinski definition) is 4. The van der Waals surface area contributed by atoms with E-state index in [1.165, 1.54) is 5.56 Å². The third-order valence-corrected chi connectivity index (χ3v) is 2.89. The second-order valence-electron chi connectivity index (χ2n) is 4.26. The zero-order valence-corrected chi connectivity index (χ0v) is 11.6. The van der Waals surface area contributed by atoms with Crippen LogP contribution in [0, 0.1) is 0 Å². The van der Waals surface area contributed by atoms with Gasteiger partial charge in [0.2, 0.25) is 0 Å². The van der Waals surface area contributed by atoms with E-state index in [9.17, 15) is 0 Å². The Morgan fingerprint density at radius 1 is 1.39 bits per heavy atom. The van der Waals surface area contributed by atoms with Crippen molar-refractivity contribution in [3.05, 3.63) is 24.0 Å². The smallest absolute Gasteiger partial charge is 0.141 e. The maximum absolute atomic E-state index is 5.38. The van der Waals surface area contributed by atoms with Crippen LogP contribution in [0.15, 0.2) is 18.5 Å². The lowest BCUT2D eigenvalue weighted by Gasteiger charge is -2.20. The zero-order valence-electron chi connectivity index (χ0n) is 11.6. The van der Waals surface area contributed by atoms with Gasteiger partial charge in [-0.2, -0.15) is 0 Å². The number of pyridine rings is 1. The fourth-order valence-electron chi connectivity index (χ4n) is 1.97. The van der Waals surface area contributed by atoms with E-state index in [4.69, 9.17) is 9.47 Å². The van der Waals surface area contributed by atoms with Crippen LogP contribution in [0.25, 0.3) is 0 Å². The van der Waals surface area contributed by atoms with Gasteiger partial charge in [0.25, 0.3) is 0 Å². The predicted molar refractivity (Wildman–Crippen MR) is 72.9 cm³/mol. The summed E-state index contributed by atoms with van der Waals surface area (Å²) in [4.78, 5) is 4.10. The highest BCUT2D eigenvalue weighted by atomic mass is 16.5. The molecule has 0 aromatic carbocycles. The quantitative estimate of drug-likeness (QED) is 0.686. The Balaban J connectivity index is 2.72. The average Bonchev–Trinajstić information content (AvgIpc) is 2.42. The Morgan fingerprint density at radius 2 is 2.22 bits per heavy atom. The molecule has 0 aliphatic heterocycles. The van der Waals surface area contributed by atoms with E-state index in [0.717, 1.165) is 38.2 Å². The Bertz CT molecular complexity index is 331. The third kappa shape index (κ3) is 4.63. The van der Waals surface area contributed by atoms with Gasteiger partial charge in [-0.15, -0.1) is 0 Å². The van der Waals surface area contributed by atoms with Crippen molar-refractivity contribution in [2.75, 3.05) is 27.4 Å². The molecule has 1 rings (SSSR count). The van der Waals surface area contributed by atoms with E-state index in [1.54, 1.807) is 20.4 Å². The summed E-state index contributed by atoms with van der Waals surface area (Å²) in [5.74, 6) is 0.850. The van der Waals surface area contributed by atoms with Crippen LogP contribution in [0.1, 0.15) is 37.8 Å². The van der Waals surface area contributed by atoms with Crippen LogP contribution in [-0.2, 0) is 4.74 Å². The first kappa shape index (κ1) is 14.9. The van der Waals surface area contributed by atoms with Gasteiger partial charge in [0, 0.05) is 31.5 Å². The summed E-state index contributed by atoms with van der Waals surface area (Å²) in [5, 5.41) is 3.56. The van der Waals surface area contributed by atoms with Crippen LogP contribution in [0.2, 0.25) is 0 Å². The number of nitrogens with one attached hydrogen (secondary N) is 1. The van der Waals surface area contributed by atoms with Crippen molar-refractivity contribution in [2.45, 2.75) is 32.2 Å². The van der Waals surface area contributed by atoms with Crippen molar-refractivity contribution in [3.63, 3.8) is 0 Å². The first-order valence-electron chi connectivity index (χ1n) is 6.53. The van der Waals surface area contributed by atoms with Gasteiger partial charge < -0.3 is 14.8 Å². The molecule has 0 spiro atoms. The molecule has 0 amide bonds. The monoisotopic (exact) mass is 252 g/mol. The van der Waals surface area contributed by atoms with E-state index in [2.05, 4.69) is 17.2 Å². The van der Waals surface area contributed by atoms with E-state index < -0.39 is 0 Å². The number of nitrogens with zero attached hydrogens (tertiary/aromatic N) is 1. The summed E-state index contributed by atoms with van der Waals surface area (Å²) in [6, 6.07) is 2.33. The van der Waals surface area contributed by atoms with Crippen LogP contribution in [-0.4, -0.2) is 32.4 Å². The van der Waals surface area contributed by atoms with Gasteiger partial charge in [-0.3, -0.25) is 4.98 Å². The molecule has 1 atom stereocenters. The second kappa shape index (κ2) is 8.89. The Labute approximate surface area is 110 Å². The number of ether oxygens (including phenoxy) is 2. The number of aromatic nitrogens is 1. The van der Waals surface area contributed by atoms with E-state index in [1.807, 2.05) is 12.3 Å². The first-order chi connectivity index (χ1) is 8.83. The fraction of sp³-hybridized carbons (Fsp3) is 0.643. The molecule has 4 heteroatoms. The SMILES string of the molecule is CCCNC(CCCOC)c1ccncc1OC. The summed E-state index contributed by atoms with van der Waals surface area (Å²) in [7, 11) is 3.42. The topological polar surface area (TPSA) is 43.4 Å². The van der Waals surface area contributed by atoms with Crippen molar-refractivity contribution in [1.82, 2.24) is 10.3 Å². The zero-order chi connectivity index (χ0) is 13.2. The van der Waals surface area contributed by atoms with Gasteiger partial charge in [-0.05, 0) is 31.9 Å². The minimum atomic E-state index is 0.304. The molecule has 0 saturated heterocycles. The number of hydrogen-bond donors (Lipinski definition) is 1. The van der Waals surface area contributed by atoms with Gasteiger partial charge in [-0.1, -0.05) is 6.92 Å². The molecular formula is C14H24N2O2. The van der Waals surface area contributed by atoms with Crippen LogP contribution < -0.4 is 10.1 Å². The molecule has 4 nitrogen and oxygen atoms in total. The summed E-state index contributed by atoms with van der Waals surface area (Å²) < 4.78 is 10.5. The molecule has 0 fully saturated rings. The third-order valence-electron chi connectivity index (χ3n) is 2.89. The molecular weight excluding hydrogens is 228 g/mol. The lowest BCUT2D eigenvalue weighted by atomic mass is 10.0. The Morgan fingerprint density at radius 3 is 2.89 bits per heavy atom. The van der Waals surface area contributed by atoms with Crippen molar-refractivity contribution in [1.29, 1.82) is 0 Å². The predicted octanol–water partition coefficient (Wildman–Crippen LogP) is 2.56. The first-order valence-corrected chi connectivity index (χ1v) is 6.53. The fourth-order valence-corrected chi connectivity index (χ4v) is 1.97. The molecule has 0 saturated carbocycles. The highest BCUT2D eigenvalue weighted by Gasteiger charge is 2.14. The van der Waals surface area contributed by atoms with Crippen molar-refractivity contribution >= 4 is 0 Å². The standard InChI is InChI=1S/C14H24N2O2/c1-4-8-16-13(6-5-10-17-2)12-7-9-15-11-14(12)18-3/h7,9,11,13,16H,4-6,8,10H2,1-3H3. The van der Waals surface area contributed by atoms with Crippen LogP contribution in [0.3, 0.4) is 0 Å². The minimum absolute atomic E-state index is 0.304.